The Hall–Kier alpha value is -1.66. The molecule has 0 spiro atoms. The number of aromatic amines is 1. The monoisotopic (exact) mass is 264 g/mol. The summed E-state index contributed by atoms with van der Waals surface area (Å²) in [6, 6.07) is 1.31. The van der Waals surface area contributed by atoms with Crippen LogP contribution in [0.4, 0.5) is 0 Å². The van der Waals surface area contributed by atoms with Gasteiger partial charge >= 0.3 is 5.69 Å². The molecule has 1 saturated heterocycles. The first-order valence-corrected chi connectivity index (χ1v) is 6.43. The van der Waals surface area contributed by atoms with Crippen LogP contribution in [0.1, 0.15) is 19.1 Å². The van der Waals surface area contributed by atoms with Crippen LogP contribution in [0.2, 0.25) is 0 Å². The molecule has 2 aliphatic rings. The van der Waals surface area contributed by atoms with E-state index in [-0.39, 0.29) is 24.5 Å². The van der Waals surface area contributed by atoms with Gasteiger partial charge < -0.3 is 9.84 Å². The topological polar surface area (TPSA) is 84.3 Å². The van der Waals surface area contributed by atoms with Crippen molar-refractivity contribution < 1.29 is 9.84 Å². The van der Waals surface area contributed by atoms with Crippen LogP contribution in [0.5, 0.6) is 0 Å². The number of hydrogen-bond acceptors (Lipinski definition) is 4. The largest absolute Gasteiger partial charge is 0.394 e. The second-order valence-electron chi connectivity index (χ2n) is 5.04. The van der Waals surface area contributed by atoms with E-state index in [1.54, 1.807) is 0 Å². The Labute approximate surface area is 109 Å². The Morgan fingerprint density at radius 2 is 2.05 bits per heavy atom. The lowest BCUT2D eigenvalue weighted by molar-refractivity contribution is -0.0389. The molecule has 1 aliphatic carbocycles. The number of nitrogens with zero attached hydrogens (tertiary/aromatic N) is 1. The minimum Gasteiger partial charge on any atom is -0.394 e. The highest BCUT2D eigenvalue weighted by atomic mass is 16.5. The predicted molar refractivity (Wildman–Crippen MR) is 67.7 cm³/mol. The fourth-order valence-corrected chi connectivity index (χ4v) is 3.07. The van der Waals surface area contributed by atoms with E-state index in [2.05, 4.69) is 17.1 Å². The summed E-state index contributed by atoms with van der Waals surface area (Å²) in [7, 11) is 0. The minimum atomic E-state index is -0.468. The second-order valence-corrected chi connectivity index (χ2v) is 5.04. The fraction of sp³-hybridized carbons (Fsp3) is 0.538. The quantitative estimate of drug-likeness (QED) is 0.737. The number of H-pyrrole nitrogens is 1. The zero-order chi connectivity index (χ0) is 13.4. The average molecular weight is 264 g/mol. The van der Waals surface area contributed by atoms with Crippen LogP contribution in [-0.2, 0) is 4.74 Å². The summed E-state index contributed by atoms with van der Waals surface area (Å²) >= 11 is 0. The van der Waals surface area contributed by atoms with Crippen LogP contribution in [0.25, 0.3) is 0 Å². The fourth-order valence-electron chi connectivity index (χ4n) is 3.07. The van der Waals surface area contributed by atoms with Crippen molar-refractivity contribution in [1.82, 2.24) is 9.55 Å². The van der Waals surface area contributed by atoms with Crippen LogP contribution >= 0.6 is 0 Å². The number of rotatable bonds is 2. The molecule has 4 atom stereocenters. The van der Waals surface area contributed by atoms with E-state index >= 15 is 0 Å². The maximum atomic E-state index is 11.8. The van der Waals surface area contributed by atoms with Crippen molar-refractivity contribution in [2.75, 3.05) is 6.61 Å². The van der Waals surface area contributed by atoms with Gasteiger partial charge in [0.15, 0.2) is 0 Å². The predicted octanol–water partition coefficient (Wildman–Crippen LogP) is 0.00870. The molecule has 1 fully saturated rings. The van der Waals surface area contributed by atoms with Gasteiger partial charge in [-0.25, -0.2) is 4.79 Å². The Kier molecular flexibility index (Phi) is 3.12. The van der Waals surface area contributed by atoms with Gasteiger partial charge in [-0.1, -0.05) is 12.2 Å². The van der Waals surface area contributed by atoms with E-state index in [1.807, 2.05) is 0 Å². The highest BCUT2D eigenvalue weighted by Gasteiger charge is 2.44. The van der Waals surface area contributed by atoms with Crippen LogP contribution < -0.4 is 11.2 Å². The Morgan fingerprint density at radius 3 is 2.74 bits per heavy atom. The maximum absolute atomic E-state index is 11.8. The first kappa shape index (κ1) is 12.4. The molecule has 1 aromatic rings. The number of allylic oxidation sites excluding steroid dienone is 2. The Morgan fingerprint density at radius 1 is 1.32 bits per heavy atom. The van der Waals surface area contributed by atoms with Gasteiger partial charge in [0.1, 0.15) is 6.23 Å². The molecule has 0 unspecified atom stereocenters. The molecule has 0 aromatic carbocycles. The summed E-state index contributed by atoms with van der Waals surface area (Å²) < 4.78 is 7.23. The molecule has 0 bridgehead atoms. The van der Waals surface area contributed by atoms with E-state index in [0.29, 0.717) is 0 Å². The summed E-state index contributed by atoms with van der Waals surface area (Å²) in [6.45, 7) is -0.0520. The smallest absolute Gasteiger partial charge is 0.330 e. The Balaban J connectivity index is 1.98. The van der Waals surface area contributed by atoms with Gasteiger partial charge in [-0.3, -0.25) is 14.3 Å². The molecule has 3 rings (SSSR count). The molecular formula is C13H16N2O4. The van der Waals surface area contributed by atoms with Crippen molar-refractivity contribution in [3.8, 4) is 0 Å². The lowest BCUT2D eigenvalue weighted by atomic mass is 9.81. The number of hydrogen-bond donors (Lipinski definition) is 2. The first-order chi connectivity index (χ1) is 9.20. The van der Waals surface area contributed by atoms with Gasteiger partial charge in [-0.05, 0) is 18.8 Å². The van der Waals surface area contributed by atoms with Crippen molar-refractivity contribution in [2.24, 2.45) is 11.8 Å². The number of fused-ring (bicyclic) bond motifs is 1. The molecule has 6 heteroatoms. The number of aliphatic hydroxyl groups excluding tert-OH is 1. The number of nitrogens with one attached hydrogen (secondary N) is 1. The van der Waals surface area contributed by atoms with E-state index in [1.165, 1.54) is 16.8 Å². The van der Waals surface area contributed by atoms with Crippen molar-refractivity contribution in [3.05, 3.63) is 45.3 Å². The summed E-state index contributed by atoms with van der Waals surface area (Å²) in [5, 5.41) is 9.39. The van der Waals surface area contributed by atoms with Crippen LogP contribution in [0, 0.1) is 11.8 Å². The molecule has 1 aliphatic heterocycles. The van der Waals surface area contributed by atoms with E-state index < -0.39 is 17.5 Å². The molecule has 6 nitrogen and oxygen atoms in total. The van der Waals surface area contributed by atoms with Crippen molar-refractivity contribution in [1.29, 1.82) is 0 Å². The molecule has 1 aromatic heterocycles. The number of ether oxygens (including phenoxy) is 1. The van der Waals surface area contributed by atoms with E-state index in [9.17, 15) is 14.7 Å². The van der Waals surface area contributed by atoms with Gasteiger partial charge in [0.05, 0.1) is 12.7 Å². The number of aliphatic hydroxyl groups is 1. The van der Waals surface area contributed by atoms with Gasteiger partial charge in [-0.2, -0.15) is 0 Å². The van der Waals surface area contributed by atoms with Gasteiger partial charge in [-0.15, -0.1) is 0 Å². The standard InChI is InChI=1S/C13H16N2O4/c16-7-10-8-3-1-2-4-9(8)12(19-10)15-6-5-11(17)14-13(15)18/h1-2,5-6,8-10,12,16H,3-4,7H2,(H,14,17,18)/t8-,9-,10-,12-/m1/s1. The third-order valence-corrected chi connectivity index (χ3v) is 4.00. The molecular weight excluding hydrogens is 248 g/mol. The van der Waals surface area contributed by atoms with Crippen LogP contribution in [0.3, 0.4) is 0 Å². The lowest BCUT2D eigenvalue weighted by Crippen LogP contribution is -2.34. The highest BCUT2D eigenvalue weighted by molar-refractivity contribution is 5.02. The van der Waals surface area contributed by atoms with Gasteiger partial charge in [0, 0.05) is 18.2 Å². The third kappa shape index (κ3) is 2.06. The summed E-state index contributed by atoms with van der Waals surface area (Å²) in [6.07, 6.45) is 6.62. The zero-order valence-electron chi connectivity index (χ0n) is 10.4. The van der Waals surface area contributed by atoms with E-state index in [0.717, 1.165) is 12.8 Å². The highest BCUT2D eigenvalue weighted by Crippen LogP contribution is 2.44. The van der Waals surface area contributed by atoms with Crippen LogP contribution in [-0.4, -0.2) is 27.4 Å². The second kappa shape index (κ2) is 4.79. The van der Waals surface area contributed by atoms with Gasteiger partial charge in [0.25, 0.3) is 5.56 Å². The third-order valence-electron chi connectivity index (χ3n) is 4.00. The molecule has 102 valence electrons. The van der Waals surface area contributed by atoms with E-state index in [4.69, 9.17) is 4.74 Å². The minimum absolute atomic E-state index is 0.0520. The molecule has 0 saturated carbocycles. The normalized spacial score (nSPS) is 33.3. The number of aromatic nitrogens is 2. The summed E-state index contributed by atoms with van der Waals surface area (Å²) in [5.74, 6) is 0.379. The Bertz CT molecular complexity index is 603. The summed E-state index contributed by atoms with van der Waals surface area (Å²) in [4.78, 5) is 25.2. The van der Waals surface area contributed by atoms with Crippen LogP contribution in [0.15, 0.2) is 34.0 Å². The molecule has 0 amide bonds. The SMILES string of the molecule is O=c1ccn([C@@H]2O[C@H](CO)[C@@H]3CC=CC[C@H]32)c(=O)[nH]1. The summed E-state index contributed by atoms with van der Waals surface area (Å²) in [5.41, 5.74) is -0.887. The molecule has 2 heterocycles. The first-order valence-electron chi connectivity index (χ1n) is 6.43. The van der Waals surface area contributed by atoms with Crippen molar-refractivity contribution >= 4 is 0 Å². The lowest BCUT2D eigenvalue weighted by Gasteiger charge is -2.25. The molecule has 0 radical (unpaired) electrons. The molecule has 19 heavy (non-hydrogen) atoms. The van der Waals surface area contributed by atoms with Crippen molar-refractivity contribution in [2.45, 2.75) is 25.2 Å². The zero-order valence-corrected chi connectivity index (χ0v) is 10.4. The molecule has 2 N–H and O–H groups in total. The van der Waals surface area contributed by atoms with Crippen molar-refractivity contribution in [3.63, 3.8) is 0 Å². The maximum Gasteiger partial charge on any atom is 0.330 e. The van der Waals surface area contributed by atoms with Gasteiger partial charge in [0.2, 0.25) is 0 Å². The average Bonchev–Trinajstić information content (AvgIpc) is 2.78.